The molecule has 1 aliphatic rings. The zero-order valence-electron chi connectivity index (χ0n) is 14.1. The van der Waals surface area contributed by atoms with Crippen LogP contribution in [0.1, 0.15) is 33.6 Å². The van der Waals surface area contributed by atoms with Crippen LogP contribution >= 0.6 is 0 Å². The molecule has 3 heteroatoms. The van der Waals surface area contributed by atoms with Gasteiger partial charge in [-0.15, -0.1) is 0 Å². The van der Waals surface area contributed by atoms with Gasteiger partial charge in [-0.2, -0.15) is 0 Å². The van der Waals surface area contributed by atoms with Crippen LogP contribution in [0.25, 0.3) is 0 Å². The normalized spacial score (nSPS) is 24.3. The minimum absolute atomic E-state index is 0.455. The summed E-state index contributed by atoms with van der Waals surface area (Å²) in [5.74, 6) is 1.67. The molecule has 0 bridgehead atoms. The molecule has 1 saturated carbocycles. The summed E-state index contributed by atoms with van der Waals surface area (Å²) in [6.07, 6.45) is 2.53. The minimum atomic E-state index is 0.455. The van der Waals surface area contributed by atoms with Crippen molar-refractivity contribution in [3.63, 3.8) is 0 Å². The second-order valence-corrected chi connectivity index (χ2v) is 7.48. The van der Waals surface area contributed by atoms with Crippen molar-refractivity contribution in [3.8, 4) is 5.75 Å². The highest BCUT2D eigenvalue weighted by Crippen LogP contribution is 2.42. The Bertz CT molecular complexity index is 456. The van der Waals surface area contributed by atoms with E-state index >= 15 is 0 Å². The Hall–Kier alpha value is -1.22. The van der Waals surface area contributed by atoms with Gasteiger partial charge >= 0.3 is 0 Å². The molecule has 118 valence electrons. The number of nitrogens with zero attached hydrogens (tertiary/aromatic N) is 1. The zero-order valence-corrected chi connectivity index (χ0v) is 14.1. The van der Waals surface area contributed by atoms with E-state index in [0.717, 1.165) is 24.8 Å². The van der Waals surface area contributed by atoms with Crippen molar-refractivity contribution in [2.75, 3.05) is 32.6 Å². The summed E-state index contributed by atoms with van der Waals surface area (Å²) in [5.41, 5.74) is 1.63. The van der Waals surface area contributed by atoms with Crippen LogP contribution in [0.3, 0.4) is 0 Å². The Morgan fingerprint density at radius 2 is 2.05 bits per heavy atom. The van der Waals surface area contributed by atoms with E-state index in [1.54, 1.807) is 0 Å². The van der Waals surface area contributed by atoms with E-state index in [9.17, 15) is 0 Å². The summed E-state index contributed by atoms with van der Waals surface area (Å²) >= 11 is 0. The average Bonchev–Trinajstić information content (AvgIpc) is 2.62. The van der Waals surface area contributed by atoms with E-state index in [0.29, 0.717) is 11.5 Å². The molecule has 0 spiro atoms. The van der Waals surface area contributed by atoms with Crippen molar-refractivity contribution in [1.82, 2.24) is 4.90 Å². The Balaban J connectivity index is 1.92. The molecule has 1 N–H and O–H groups in total. The van der Waals surface area contributed by atoms with Crippen LogP contribution in [0.4, 0.5) is 5.69 Å². The summed E-state index contributed by atoms with van der Waals surface area (Å²) in [6, 6.07) is 8.92. The highest BCUT2D eigenvalue weighted by Gasteiger charge is 2.36. The molecule has 2 unspecified atom stereocenters. The number of likely N-dealkylation sites (N-methyl/N-ethyl adjacent to an activating group) is 1. The molecule has 2 rings (SSSR count). The smallest absolute Gasteiger partial charge is 0.121 e. The summed E-state index contributed by atoms with van der Waals surface area (Å²) < 4.78 is 5.81. The standard InChI is InChI=1S/C18H30N2O/c1-14-12-18(2,3)13-17(14)19-15-7-6-8-16(11-15)21-10-9-20(4)5/h6-8,11,14,17,19H,9-10,12-13H2,1-5H3. The second-order valence-electron chi connectivity index (χ2n) is 7.48. The first-order valence-electron chi connectivity index (χ1n) is 8.00. The maximum atomic E-state index is 5.81. The van der Waals surface area contributed by atoms with Crippen LogP contribution in [0.15, 0.2) is 24.3 Å². The third-order valence-corrected chi connectivity index (χ3v) is 4.33. The fraction of sp³-hybridized carbons (Fsp3) is 0.667. The number of nitrogens with one attached hydrogen (secondary N) is 1. The second kappa shape index (κ2) is 6.69. The molecule has 1 aliphatic carbocycles. The van der Waals surface area contributed by atoms with Crippen molar-refractivity contribution in [3.05, 3.63) is 24.3 Å². The Labute approximate surface area is 129 Å². The number of ether oxygens (including phenoxy) is 1. The summed E-state index contributed by atoms with van der Waals surface area (Å²) in [4.78, 5) is 2.13. The lowest BCUT2D eigenvalue weighted by atomic mass is 9.91. The van der Waals surface area contributed by atoms with Gasteiger partial charge in [0.1, 0.15) is 12.4 Å². The van der Waals surface area contributed by atoms with E-state index in [2.05, 4.69) is 63.3 Å². The predicted molar refractivity (Wildman–Crippen MR) is 90.1 cm³/mol. The van der Waals surface area contributed by atoms with Crippen molar-refractivity contribution in [1.29, 1.82) is 0 Å². The highest BCUT2D eigenvalue weighted by atomic mass is 16.5. The van der Waals surface area contributed by atoms with Crippen LogP contribution in [0.5, 0.6) is 5.75 Å². The lowest BCUT2D eigenvalue weighted by molar-refractivity contribution is 0.261. The zero-order chi connectivity index (χ0) is 15.5. The maximum Gasteiger partial charge on any atom is 0.121 e. The van der Waals surface area contributed by atoms with E-state index in [1.165, 1.54) is 18.5 Å². The molecule has 0 heterocycles. The van der Waals surface area contributed by atoms with Crippen molar-refractivity contribution in [2.45, 2.75) is 39.7 Å². The van der Waals surface area contributed by atoms with Gasteiger partial charge in [-0.3, -0.25) is 0 Å². The van der Waals surface area contributed by atoms with Gasteiger partial charge in [0.2, 0.25) is 0 Å². The minimum Gasteiger partial charge on any atom is -0.492 e. The van der Waals surface area contributed by atoms with Gasteiger partial charge in [-0.25, -0.2) is 0 Å². The van der Waals surface area contributed by atoms with Gasteiger partial charge in [0, 0.05) is 24.3 Å². The molecule has 0 amide bonds. The Kier molecular flexibility index (Phi) is 5.15. The first-order valence-corrected chi connectivity index (χ1v) is 8.00. The predicted octanol–water partition coefficient (Wildman–Crippen LogP) is 3.86. The number of anilines is 1. The number of benzene rings is 1. The molecule has 0 aromatic heterocycles. The molecule has 1 aromatic carbocycles. The molecule has 0 radical (unpaired) electrons. The first-order chi connectivity index (χ1) is 9.85. The fourth-order valence-corrected chi connectivity index (χ4v) is 3.32. The van der Waals surface area contributed by atoms with E-state index in [-0.39, 0.29) is 0 Å². The molecule has 3 nitrogen and oxygen atoms in total. The SMILES string of the molecule is CC1CC(C)(C)CC1Nc1cccc(OCCN(C)C)c1. The molecule has 0 saturated heterocycles. The van der Waals surface area contributed by atoms with Crippen LogP contribution in [-0.2, 0) is 0 Å². The lowest BCUT2D eigenvalue weighted by Crippen LogP contribution is -2.22. The van der Waals surface area contributed by atoms with E-state index in [1.807, 2.05) is 6.07 Å². The van der Waals surface area contributed by atoms with Crippen LogP contribution in [0.2, 0.25) is 0 Å². The molecule has 1 fully saturated rings. The van der Waals surface area contributed by atoms with Gasteiger partial charge in [0.05, 0.1) is 0 Å². The molecular formula is C18H30N2O. The van der Waals surface area contributed by atoms with Gasteiger partial charge in [-0.1, -0.05) is 26.8 Å². The van der Waals surface area contributed by atoms with Crippen molar-refractivity contribution >= 4 is 5.69 Å². The van der Waals surface area contributed by atoms with Gasteiger partial charge in [-0.05, 0) is 50.4 Å². The average molecular weight is 290 g/mol. The molecular weight excluding hydrogens is 260 g/mol. The summed E-state index contributed by atoms with van der Waals surface area (Å²) in [6.45, 7) is 8.75. The number of hydrogen-bond donors (Lipinski definition) is 1. The van der Waals surface area contributed by atoms with E-state index < -0.39 is 0 Å². The van der Waals surface area contributed by atoms with Gasteiger partial charge in [0.15, 0.2) is 0 Å². The Morgan fingerprint density at radius 3 is 2.67 bits per heavy atom. The van der Waals surface area contributed by atoms with Crippen LogP contribution in [-0.4, -0.2) is 38.2 Å². The van der Waals surface area contributed by atoms with Crippen LogP contribution in [0, 0.1) is 11.3 Å². The topological polar surface area (TPSA) is 24.5 Å². The lowest BCUT2D eigenvalue weighted by Gasteiger charge is -2.20. The molecule has 2 atom stereocenters. The number of rotatable bonds is 6. The van der Waals surface area contributed by atoms with Crippen LogP contribution < -0.4 is 10.1 Å². The largest absolute Gasteiger partial charge is 0.492 e. The van der Waals surface area contributed by atoms with Gasteiger partial charge < -0.3 is 15.0 Å². The Morgan fingerprint density at radius 1 is 1.29 bits per heavy atom. The highest BCUT2D eigenvalue weighted by molar-refractivity contribution is 5.49. The monoisotopic (exact) mass is 290 g/mol. The third kappa shape index (κ3) is 4.92. The van der Waals surface area contributed by atoms with Crippen molar-refractivity contribution in [2.24, 2.45) is 11.3 Å². The molecule has 0 aliphatic heterocycles. The molecule has 1 aromatic rings. The summed E-state index contributed by atoms with van der Waals surface area (Å²) in [7, 11) is 4.12. The first kappa shape index (κ1) is 16.2. The quantitative estimate of drug-likeness (QED) is 0.861. The fourth-order valence-electron chi connectivity index (χ4n) is 3.32. The maximum absolute atomic E-state index is 5.81. The summed E-state index contributed by atoms with van der Waals surface area (Å²) in [5, 5.41) is 3.70. The number of hydrogen-bond acceptors (Lipinski definition) is 3. The van der Waals surface area contributed by atoms with E-state index in [4.69, 9.17) is 4.74 Å². The van der Waals surface area contributed by atoms with Crippen molar-refractivity contribution < 1.29 is 4.74 Å². The van der Waals surface area contributed by atoms with Gasteiger partial charge in [0.25, 0.3) is 0 Å². The third-order valence-electron chi connectivity index (χ3n) is 4.33. The molecule has 21 heavy (non-hydrogen) atoms.